The highest BCUT2D eigenvalue weighted by atomic mass is 16.5. The van der Waals surface area contributed by atoms with E-state index < -0.39 is 0 Å². The van der Waals surface area contributed by atoms with Crippen molar-refractivity contribution >= 4 is 5.69 Å². The standard InChI is InChI=1S/C13H19NO2/c1-10(5-7-15-2)14-12-3-4-13-11(9-12)6-8-16-13/h3-4,9-10,14H,5-8H2,1-2H3. The van der Waals surface area contributed by atoms with Gasteiger partial charge < -0.3 is 14.8 Å². The molecule has 1 N–H and O–H groups in total. The van der Waals surface area contributed by atoms with Gasteiger partial charge in [0.2, 0.25) is 0 Å². The van der Waals surface area contributed by atoms with Crippen molar-refractivity contribution in [3.63, 3.8) is 0 Å². The van der Waals surface area contributed by atoms with Crippen molar-refractivity contribution in [3.05, 3.63) is 23.8 Å². The maximum absolute atomic E-state index is 5.48. The van der Waals surface area contributed by atoms with Gasteiger partial charge in [-0.05, 0) is 37.1 Å². The molecule has 0 saturated carbocycles. The molecule has 88 valence electrons. The minimum atomic E-state index is 0.431. The van der Waals surface area contributed by atoms with Crippen molar-refractivity contribution < 1.29 is 9.47 Å². The molecule has 1 aromatic carbocycles. The highest BCUT2D eigenvalue weighted by Gasteiger charge is 2.12. The van der Waals surface area contributed by atoms with Crippen molar-refractivity contribution in [1.82, 2.24) is 0 Å². The van der Waals surface area contributed by atoms with Gasteiger partial charge in [-0.15, -0.1) is 0 Å². The maximum atomic E-state index is 5.48. The van der Waals surface area contributed by atoms with Crippen LogP contribution in [-0.2, 0) is 11.2 Å². The zero-order valence-electron chi connectivity index (χ0n) is 9.95. The maximum Gasteiger partial charge on any atom is 0.122 e. The number of anilines is 1. The Morgan fingerprint density at radius 3 is 3.19 bits per heavy atom. The molecule has 0 bridgehead atoms. The summed E-state index contributed by atoms with van der Waals surface area (Å²) in [6.45, 7) is 3.78. The predicted octanol–water partition coefficient (Wildman–Crippen LogP) is 2.46. The molecule has 0 amide bonds. The molecular formula is C13H19NO2. The van der Waals surface area contributed by atoms with Crippen LogP contribution in [-0.4, -0.2) is 26.4 Å². The van der Waals surface area contributed by atoms with Crippen molar-refractivity contribution in [2.24, 2.45) is 0 Å². The summed E-state index contributed by atoms with van der Waals surface area (Å²) in [5, 5.41) is 3.47. The second-order valence-corrected chi connectivity index (χ2v) is 4.25. The molecule has 1 atom stereocenters. The Kier molecular flexibility index (Phi) is 3.67. The summed E-state index contributed by atoms with van der Waals surface area (Å²) in [6.07, 6.45) is 2.04. The number of rotatable bonds is 5. The molecule has 0 saturated heterocycles. The second-order valence-electron chi connectivity index (χ2n) is 4.25. The number of methoxy groups -OCH3 is 1. The van der Waals surface area contributed by atoms with Gasteiger partial charge in [0.1, 0.15) is 5.75 Å². The van der Waals surface area contributed by atoms with Gasteiger partial charge in [-0.1, -0.05) is 0 Å². The molecule has 0 aliphatic carbocycles. The zero-order chi connectivity index (χ0) is 11.4. The Balaban J connectivity index is 1.94. The Morgan fingerprint density at radius 2 is 2.38 bits per heavy atom. The van der Waals surface area contributed by atoms with Crippen LogP contribution in [0, 0.1) is 0 Å². The van der Waals surface area contributed by atoms with Gasteiger partial charge in [-0.25, -0.2) is 0 Å². The molecular weight excluding hydrogens is 202 g/mol. The number of benzene rings is 1. The Labute approximate surface area is 96.8 Å². The van der Waals surface area contributed by atoms with Crippen molar-refractivity contribution in [3.8, 4) is 5.75 Å². The lowest BCUT2D eigenvalue weighted by molar-refractivity contribution is 0.191. The van der Waals surface area contributed by atoms with E-state index in [1.165, 1.54) is 11.3 Å². The van der Waals surface area contributed by atoms with E-state index in [2.05, 4.69) is 24.4 Å². The van der Waals surface area contributed by atoms with Gasteiger partial charge in [0.15, 0.2) is 0 Å². The SMILES string of the molecule is COCCC(C)Nc1ccc2c(c1)CCO2. The largest absolute Gasteiger partial charge is 0.493 e. The summed E-state index contributed by atoms with van der Waals surface area (Å²) in [4.78, 5) is 0. The Morgan fingerprint density at radius 1 is 1.50 bits per heavy atom. The molecule has 2 rings (SSSR count). The van der Waals surface area contributed by atoms with E-state index in [9.17, 15) is 0 Å². The van der Waals surface area contributed by atoms with Crippen molar-refractivity contribution in [1.29, 1.82) is 0 Å². The molecule has 1 aromatic rings. The lowest BCUT2D eigenvalue weighted by Crippen LogP contribution is -2.17. The van der Waals surface area contributed by atoms with Crippen LogP contribution in [0.3, 0.4) is 0 Å². The predicted molar refractivity (Wildman–Crippen MR) is 65.2 cm³/mol. The highest BCUT2D eigenvalue weighted by Crippen LogP contribution is 2.28. The van der Waals surface area contributed by atoms with Crippen molar-refractivity contribution in [2.45, 2.75) is 25.8 Å². The topological polar surface area (TPSA) is 30.5 Å². The van der Waals surface area contributed by atoms with E-state index >= 15 is 0 Å². The number of fused-ring (bicyclic) bond motifs is 1. The quantitative estimate of drug-likeness (QED) is 0.828. The first-order valence-corrected chi connectivity index (χ1v) is 5.81. The van der Waals surface area contributed by atoms with Gasteiger partial charge in [-0.3, -0.25) is 0 Å². The fourth-order valence-corrected chi connectivity index (χ4v) is 1.93. The Hall–Kier alpha value is -1.22. The number of nitrogens with one attached hydrogen (secondary N) is 1. The summed E-state index contributed by atoms with van der Waals surface area (Å²) < 4.78 is 10.5. The molecule has 0 spiro atoms. The molecule has 3 heteroatoms. The normalized spacial score (nSPS) is 15.4. The third kappa shape index (κ3) is 2.67. The summed E-state index contributed by atoms with van der Waals surface area (Å²) >= 11 is 0. The monoisotopic (exact) mass is 221 g/mol. The summed E-state index contributed by atoms with van der Waals surface area (Å²) in [6, 6.07) is 6.74. The van der Waals surface area contributed by atoms with Gasteiger partial charge in [0.05, 0.1) is 6.61 Å². The summed E-state index contributed by atoms with van der Waals surface area (Å²) in [5.41, 5.74) is 2.48. The smallest absolute Gasteiger partial charge is 0.122 e. The van der Waals surface area contributed by atoms with E-state index in [1.807, 2.05) is 6.07 Å². The van der Waals surface area contributed by atoms with Crippen molar-refractivity contribution in [2.75, 3.05) is 25.6 Å². The van der Waals surface area contributed by atoms with Gasteiger partial charge >= 0.3 is 0 Å². The van der Waals surface area contributed by atoms with E-state index in [-0.39, 0.29) is 0 Å². The van der Waals surface area contributed by atoms with Crippen LogP contribution < -0.4 is 10.1 Å². The molecule has 1 heterocycles. The summed E-state index contributed by atoms with van der Waals surface area (Å²) in [5.74, 6) is 1.04. The molecule has 16 heavy (non-hydrogen) atoms. The number of ether oxygens (including phenoxy) is 2. The first kappa shape index (κ1) is 11.3. The molecule has 0 radical (unpaired) electrons. The third-order valence-electron chi connectivity index (χ3n) is 2.86. The minimum absolute atomic E-state index is 0.431. The molecule has 1 aliphatic rings. The summed E-state index contributed by atoms with van der Waals surface area (Å²) in [7, 11) is 1.74. The lowest BCUT2D eigenvalue weighted by Gasteiger charge is -2.15. The average Bonchev–Trinajstić information content (AvgIpc) is 2.73. The molecule has 1 unspecified atom stereocenters. The van der Waals surface area contributed by atoms with Crippen LogP contribution in [0.1, 0.15) is 18.9 Å². The molecule has 3 nitrogen and oxygen atoms in total. The first-order chi connectivity index (χ1) is 7.79. The van der Waals surface area contributed by atoms with E-state index in [0.29, 0.717) is 6.04 Å². The highest BCUT2D eigenvalue weighted by molar-refractivity contribution is 5.52. The van der Waals surface area contributed by atoms with Crippen LogP contribution in [0.25, 0.3) is 0 Å². The molecule has 0 aromatic heterocycles. The van der Waals surface area contributed by atoms with Gasteiger partial charge in [0.25, 0.3) is 0 Å². The van der Waals surface area contributed by atoms with E-state index in [4.69, 9.17) is 9.47 Å². The molecule has 1 aliphatic heterocycles. The second kappa shape index (κ2) is 5.21. The van der Waals surface area contributed by atoms with Gasteiger partial charge in [-0.2, -0.15) is 0 Å². The fourth-order valence-electron chi connectivity index (χ4n) is 1.93. The van der Waals surface area contributed by atoms with E-state index in [1.54, 1.807) is 7.11 Å². The van der Waals surface area contributed by atoms with Gasteiger partial charge in [0, 0.05) is 31.9 Å². The third-order valence-corrected chi connectivity index (χ3v) is 2.86. The first-order valence-electron chi connectivity index (χ1n) is 5.81. The average molecular weight is 221 g/mol. The Bertz CT molecular complexity index is 352. The fraction of sp³-hybridized carbons (Fsp3) is 0.538. The number of hydrogen-bond donors (Lipinski definition) is 1. The number of hydrogen-bond acceptors (Lipinski definition) is 3. The molecule has 0 fully saturated rings. The van der Waals surface area contributed by atoms with Crippen LogP contribution in [0.2, 0.25) is 0 Å². The van der Waals surface area contributed by atoms with Crippen LogP contribution in [0.4, 0.5) is 5.69 Å². The van der Waals surface area contributed by atoms with Crippen LogP contribution in [0.15, 0.2) is 18.2 Å². The minimum Gasteiger partial charge on any atom is -0.493 e. The lowest BCUT2D eigenvalue weighted by atomic mass is 10.1. The van der Waals surface area contributed by atoms with Crippen LogP contribution >= 0.6 is 0 Å². The van der Waals surface area contributed by atoms with Crippen LogP contribution in [0.5, 0.6) is 5.75 Å². The van der Waals surface area contributed by atoms with E-state index in [0.717, 1.165) is 31.8 Å². The zero-order valence-corrected chi connectivity index (χ0v) is 9.95.